The average Bonchev–Trinajstić information content (AvgIpc) is 2.81. The summed E-state index contributed by atoms with van der Waals surface area (Å²) in [4.78, 5) is 12.9. The molecule has 0 aliphatic heterocycles. The fraction of sp³-hybridized carbons (Fsp3) is 0.240. The Bertz CT molecular complexity index is 1400. The van der Waals surface area contributed by atoms with E-state index in [4.69, 9.17) is 4.74 Å². The number of aryl methyl sites for hydroxylation is 1. The summed E-state index contributed by atoms with van der Waals surface area (Å²) < 4.78 is 59.2. The summed E-state index contributed by atoms with van der Waals surface area (Å²) in [6.45, 7) is 5.72. The Morgan fingerprint density at radius 2 is 1.44 bits per heavy atom. The van der Waals surface area contributed by atoms with Crippen LogP contribution in [0.5, 0.6) is 5.75 Å². The molecule has 0 unspecified atom stereocenters. The summed E-state index contributed by atoms with van der Waals surface area (Å²) >= 11 is 0. The average molecular weight is 532 g/mol. The van der Waals surface area contributed by atoms with E-state index in [1.165, 1.54) is 31.2 Å². The molecule has 1 atom stereocenters. The lowest BCUT2D eigenvalue weighted by molar-refractivity contribution is -0.116. The molecular formula is C25H29N3O6S2. The molecule has 3 aromatic rings. The molecule has 0 bridgehead atoms. The number of carbonyl (C=O) groups is 1. The van der Waals surface area contributed by atoms with Gasteiger partial charge in [0.1, 0.15) is 11.8 Å². The molecule has 36 heavy (non-hydrogen) atoms. The summed E-state index contributed by atoms with van der Waals surface area (Å²) in [5.74, 6) is 0.0655. The first-order valence-electron chi connectivity index (χ1n) is 11.1. The Balaban J connectivity index is 1.72. The summed E-state index contributed by atoms with van der Waals surface area (Å²) in [5.41, 5.74) is 2.02. The van der Waals surface area contributed by atoms with Crippen LogP contribution in [-0.4, -0.2) is 41.6 Å². The van der Waals surface area contributed by atoms with E-state index in [-0.39, 0.29) is 4.90 Å². The van der Waals surface area contributed by atoms with E-state index in [9.17, 15) is 21.6 Å². The van der Waals surface area contributed by atoms with Gasteiger partial charge in [0, 0.05) is 11.4 Å². The maximum absolute atomic E-state index is 12.9. The SMILES string of the molecule is CCOc1ccc(NS(=O)(=O)c2ccc(NC(=O)[C@@H](C)N(c3ccc(C)cc3)S(C)(=O)=O)cc2)cc1. The largest absolute Gasteiger partial charge is 0.494 e. The predicted molar refractivity (Wildman–Crippen MR) is 141 cm³/mol. The van der Waals surface area contributed by atoms with Gasteiger partial charge in [-0.15, -0.1) is 0 Å². The van der Waals surface area contributed by atoms with Crippen molar-refractivity contribution in [3.63, 3.8) is 0 Å². The first-order valence-corrected chi connectivity index (χ1v) is 14.5. The van der Waals surface area contributed by atoms with E-state index in [0.29, 0.717) is 29.4 Å². The molecule has 11 heteroatoms. The third kappa shape index (κ3) is 6.76. The molecule has 3 aromatic carbocycles. The number of amides is 1. The highest BCUT2D eigenvalue weighted by molar-refractivity contribution is 7.92. The Labute approximate surface area is 212 Å². The molecule has 0 saturated carbocycles. The number of sulfonamides is 2. The Morgan fingerprint density at radius 1 is 0.889 bits per heavy atom. The van der Waals surface area contributed by atoms with Crippen molar-refractivity contribution in [3.05, 3.63) is 78.4 Å². The number of hydrogen-bond acceptors (Lipinski definition) is 6. The van der Waals surface area contributed by atoms with Crippen LogP contribution in [0.15, 0.2) is 77.7 Å². The van der Waals surface area contributed by atoms with Crippen molar-refractivity contribution in [1.82, 2.24) is 0 Å². The molecule has 192 valence electrons. The number of carbonyl (C=O) groups excluding carboxylic acids is 1. The van der Waals surface area contributed by atoms with Crippen molar-refractivity contribution in [1.29, 1.82) is 0 Å². The number of rotatable bonds is 10. The zero-order chi connectivity index (χ0) is 26.5. The Hall–Kier alpha value is -3.57. The first kappa shape index (κ1) is 27.0. The number of ether oxygens (including phenoxy) is 1. The minimum absolute atomic E-state index is 0.000139. The first-order chi connectivity index (χ1) is 16.9. The van der Waals surface area contributed by atoms with E-state index in [1.54, 1.807) is 48.5 Å². The van der Waals surface area contributed by atoms with E-state index in [1.807, 2.05) is 13.8 Å². The zero-order valence-corrected chi connectivity index (χ0v) is 22.1. The molecule has 0 aromatic heterocycles. The number of hydrogen-bond donors (Lipinski definition) is 2. The van der Waals surface area contributed by atoms with Crippen LogP contribution in [0.25, 0.3) is 0 Å². The number of benzene rings is 3. The van der Waals surface area contributed by atoms with Crippen molar-refractivity contribution >= 4 is 43.0 Å². The second-order valence-electron chi connectivity index (χ2n) is 8.15. The fourth-order valence-electron chi connectivity index (χ4n) is 3.46. The molecule has 0 aliphatic rings. The number of anilines is 3. The maximum Gasteiger partial charge on any atom is 0.261 e. The monoisotopic (exact) mass is 531 g/mol. The lowest BCUT2D eigenvalue weighted by Gasteiger charge is -2.28. The third-order valence-corrected chi connectivity index (χ3v) is 7.87. The minimum atomic E-state index is -3.86. The maximum atomic E-state index is 12.9. The summed E-state index contributed by atoms with van der Waals surface area (Å²) in [7, 11) is -7.62. The topological polar surface area (TPSA) is 122 Å². The van der Waals surface area contributed by atoms with E-state index < -0.39 is 32.0 Å². The smallest absolute Gasteiger partial charge is 0.261 e. The summed E-state index contributed by atoms with van der Waals surface area (Å²) in [6.07, 6.45) is 1.04. The second kappa shape index (κ2) is 11.0. The van der Waals surface area contributed by atoms with Crippen molar-refractivity contribution in [2.75, 3.05) is 27.2 Å². The quantitative estimate of drug-likeness (QED) is 0.408. The summed E-state index contributed by atoms with van der Waals surface area (Å²) in [6, 6.07) is 17.9. The van der Waals surface area contributed by atoms with Crippen LogP contribution >= 0.6 is 0 Å². The van der Waals surface area contributed by atoms with Crippen molar-refractivity contribution in [2.45, 2.75) is 31.7 Å². The van der Waals surface area contributed by atoms with Crippen LogP contribution in [0.2, 0.25) is 0 Å². The van der Waals surface area contributed by atoms with E-state index in [0.717, 1.165) is 16.1 Å². The predicted octanol–water partition coefficient (Wildman–Crippen LogP) is 3.99. The molecule has 0 spiro atoms. The van der Waals surface area contributed by atoms with Gasteiger partial charge in [0.25, 0.3) is 10.0 Å². The van der Waals surface area contributed by atoms with Crippen molar-refractivity contribution in [3.8, 4) is 5.75 Å². The lowest BCUT2D eigenvalue weighted by atomic mass is 10.2. The molecular weight excluding hydrogens is 502 g/mol. The van der Waals surface area contributed by atoms with Gasteiger partial charge in [-0.05, 0) is 81.4 Å². The van der Waals surface area contributed by atoms with Gasteiger partial charge in [0.2, 0.25) is 15.9 Å². The lowest BCUT2D eigenvalue weighted by Crippen LogP contribution is -2.45. The van der Waals surface area contributed by atoms with Crippen molar-refractivity contribution in [2.24, 2.45) is 0 Å². The van der Waals surface area contributed by atoms with Crippen LogP contribution in [0.4, 0.5) is 17.1 Å². The standard InChI is InChI=1S/C25H29N3O6S2/c1-5-34-23-14-8-21(9-15-23)27-36(32,33)24-16-10-20(11-17-24)26-25(29)19(3)28(35(4,30)31)22-12-6-18(2)7-13-22/h6-17,19,27H,5H2,1-4H3,(H,26,29)/t19-/m1/s1. The van der Waals surface area contributed by atoms with Crippen LogP contribution in [-0.2, 0) is 24.8 Å². The fourth-order valence-corrected chi connectivity index (χ4v) is 5.70. The van der Waals surface area contributed by atoms with Gasteiger partial charge in [0.05, 0.1) is 23.4 Å². The molecule has 0 saturated heterocycles. The molecule has 1 amide bonds. The molecule has 0 aliphatic carbocycles. The number of nitrogens with one attached hydrogen (secondary N) is 2. The van der Waals surface area contributed by atoms with Crippen LogP contribution in [0, 0.1) is 6.92 Å². The highest BCUT2D eigenvalue weighted by Crippen LogP contribution is 2.23. The van der Waals surface area contributed by atoms with Crippen LogP contribution < -0.4 is 19.1 Å². The van der Waals surface area contributed by atoms with Gasteiger partial charge in [-0.2, -0.15) is 0 Å². The van der Waals surface area contributed by atoms with E-state index in [2.05, 4.69) is 10.0 Å². The highest BCUT2D eigenvalue weighted by atomic mass is 32.2. The minimum Gasteiger partial charge on any atom is -0.494 e. The van der Waals surface area contributed by atoms with Gasteiger partial charge in [0.15, 0.2) is 0 Å². The van der Waals surface area contributed by atoms with Gasteiger partial charge in [-0.25, -0.2) is 16.8 Å². The van der Waals surface area contributed by atoms with Crippen LogP contribution in [0.1, 0.15) is 19.4 Å². The van der Waals surface area contributed by atoms with Gasteiger partial charge in [-0.3, -0.25) is 13.8 Å². The molecule has 0 heterocycles. The molecule has 2 N–H and O–H groups in total. The van der Waals surface area contributed by atoms with Gasteiger partial charge < -0.3 is 10.1 Å². The zero-order valence-electron chi connectivity index (χ0n) is 20.4. The highest BCUT2D eigenvalue weighted by Gasteiger charge is 2.29. The molecule has 0 fully saturated rings. The van der Waals surface area contributed by atoms with Gasteiger partial charge >= 0.3 is 0 Å². The Morgan fingerprint density at radius 3 is 1.97 bits per heavy atom. The second-order valence-corrected chi connectivity index (χ2v) is 11.7. The third-order valence-electron chi connectivity index (χ3n) is 5.23. The molecule has 0 radical (unpaired) electrons. The van der Waals surface area contributed by atoms with Crippen molar-refractivity contribution < 1.29 is 26.4 Å². The summed E-state index contributed by atoms with van der Waals surface area (Å²) in [5, 5.41) is 2.65. The molecule has 9 nitrogen and oxygen atoms in total. The normalized spacial score (nSPS) is 12.4. The molecule has 3 rings (SSSR count). The van der Waals surface area contributed by atoms with Gasteiger partial charge in [-0.1, -0.05) is 17.7 Å². The van der Waals surface area contributed by atoms with E-state index >= 15 is 0 Å². The number of nitrogens with zero attached hydrogens (tertiary/aromatic N) is 1. The Kier molecular flexibility index (Phi) is 8.26. The van der Waals surface area contributed by atoms with Crippen LogP contribution in [0.3, 0.4) is 0 Å².